The topological polar surface area (TPSA) is 32.3 Å². The van der Waals surface area contributed by atoms with E-state index < -0.39 is 6.10 Å². The minimum Gasteiger partial charge on any atom is -0.388 e. The SMILES string of the molecule is OC(CC1CCCNC1)c1ccccc1F. The predicted octanol–water partition coefficient (Wildman–Crippen LogP) is 2.25. The molecule has 1 aromatic carbocycles. The molecular formula is C13H18FNO. The zero-order valence-electron chi connectivity index (χ0n) is 9.32. The van der Waals surface area contributed by atoms with Crippen molar-refractivity contribution < 1.29 is 9.50 Å². The van der Waals surface area contributed by atoms with E-state index in [1.165, 1.54) is 6.07 Å². The maximum absolute atomic E-state index is 13.4. The molecule has 0 bridgehead atoms. The highest BCUT2D eigenvalue weighted by Gasteiger charge is 2.19. The van der Waals surface area contributed by atoms with Crippen molar-refractivity contribution >= 4 is 0 Å². The third kappa shape index (κ3) is 2.80. The van der Waals surface area contributed by atoms with E-state index in [1.54, 1.807) is 18.2 Å². The lowest BCUT2D eigenvalue weighted by Gasteiger charge is -2.25. The Balaban J connectivity index is 1.96. The standard InChI is InChI=1S/C13H18FNO/c14-12-6-2-1-5-11(12)13(16)8-10-4-3-7-15-9-10/h1-2,5-6,10,13,15-16H,3-4,7-9H2. The second kappa shape index (κ2) is 5.41. The van der Waals surface area contributed by atoms with E-state index in [1.807, 2.05) is 0 Å². The first-order chi connectivity index (χ1) is 7.77. The Morgan fingerprint density at radius 1 is 1.44 bits per heavy atom. The largest absolute Gasteiger partial charge is 0.388 e. The van der Waals surface area contributed by atoms with Gasteiger partial charge in [0.1, 0.15) is 5.82 Å². The average molecular weight is 223 g/mol. The molecule has 1 saturated heterocycles. The maximum Gasteiger partial charge on any atom is 0.128 e. The molecule has 2 unspecified atom stereocenters. The van der Waals surface area contributed by atoms with Gasteiger partial charge in [0.05, 0.1) is 6.10 Å². The highest BCUT2D eigenvalue weighted by molar-refractivity contribution is 5.19. The third-order valence-electron chi connectivity index (χ3n) is 3.22. The van der Waals surface area contributed by atoms with Crippen LogP contribution in [0, 0.1) is 11.7 Å². The molecule has 3 heteroatoms. The van der Waals surface area contributed by atoms with Gasteiger partial charge in [-0.1, -0.05) is 18.2 Å². The van der Waals surface area contributed by atoms with Crippen LogP contribution in [0.1, 0.15) is 30.9 Å². The highest BCUT2D eigenvalue weighted by atomic mass is 19.1. The number of piperidine rings is 1. The van der Waals surface area contributed by atoms with E-state index in [4.69, 9.17) is 0 Å². The van der Waals surface area contributed by atoms with Crippen molar-refractivity contribution in [2.45, 2.75) is 25.4 Å². The van der Waals surface area contributed by atoms with Crippen molar-refractivity contribution in [3.8, 4) is 0 Å². The van der Waals surface area contributed by atoms with Crippen LogP contribution in [0.15, 0.2) is 24.3 Å². The van der Waals surface area contributed by atoms with Crippen LogP contribution in [0.25, 0.3) is 0 Å². The summed E-state index contributed by atoms with van der Waals surface area (Å²) in [5.41, 5.74) is 0.424. The Hall–Kier alpha value is -0.930. The summed E-state index contributed by atoms with van der Waals surface area (Å²) in [6.45, 7) is 2.00. The zero-order chi connectivity index (χ0) is 11.4. The van der Waals surface area contributed by atoms with E-state index >= 15 is 0 Å². The summed E-state index contributed by atoms with van der Waals surface area (Å²) in [7, 11) is 0. The Labute approximate surface area is 95.5 Å². The Bertz CT molecular complexity index is 336. The van der Waals surface area contributed by atoms with Crippen molar-refractivity contribution in [2.24, 2.45) is 5.92 Å². The lowest BCUT2D eigenvalue weighted by molar-refractivity contribution is 0.131. The molecule has 1 fully saturated rings. The Kier molecular flexibility index (Phi) is 3.91. The van der Waals surface area contributed by atoms with Gasteiger partial charge < -0.3 is 10.4 Å². The first-order valence-electron chi connectivity index (χ1n) is 5.90. The molecule has 0 radical (unpaired) electrons. The van der Waals surface area contributed by atoms with Crippen molar-refractivity contribution in [2.75, 3.05) is 13.1 Å². The molecule has 1 aliphatic rings. The van der Waals surface area contributed by atoms with E-state index in [0.717, 1.165) is 25.9 Å². The molecule has 2 rings (SSSR count). The van der Waals surface area contributed by atoms with Crippen molar-refractivity contribution in [3.05, 3.63) is 35.6 Å². The van der Waals surface area contributed by atoms with Crippen LogP contribution < -0.4 is 5.32 Å². The molecule has 2 atom stereocenters. The minimum absolute atomic E-state index is 0.307. The molecule has 88 valence electrons. The molecule has 2 nitrogen and oxygen atoms in total. The highest BCUT2D eigenvalue weighted by Crippen LogP contribution is 2.26. The van der Waals surface area contributed by atoms with Crippen LogP contribution in [-0.4, -0.2) is 18.2 Å². The monoisotopic (exact) mass is 223 g/mol. The fourth-order valence-electron chi connectivity index (χ4n) is 2.31. The molecular weight excluding hydrogens is 205 g/mol. The Morgan fingerprint density at radius 2 is 2.25 bits per heavy atom. The van der Waals surface area contributed by atoms with Crippen LogP contribution in [0.4, 0.5) is 4.39 Å². The normalized spacial score (nSPS) is 23.0. The molecule has 16 heavy (non-hydrogen) atoms. The molecule has 0 aliphatic carbocycles. The average Bonchev–Trinajstić information content (AvgIpc) is 2.31. The van der Waals surface area contributed by atoms with Gasteiger partial charge in [-0.25, -0.2) is 4.39 Å². The lowest BCUT2D eigenvalue weighted by Crippen LogP contribution is -2.30. The van der Waals surface area contributed by atoms with E-state index in [9.17, 15) is 9.50 Å². The minimum atomic E-state index is -0.675. The van der Waals surface area contributed by atoms with Crippen LogP contribution >= 0.6 is 0 Å². The van der Waals surface area contributed by atoms with Gasteiger partial charge in [-0.05, 0) is 44.3 Å². The van der Waals surface area contributed by atoms with Gasteiger partial charge >= 0.3 is 0 Å². The second-order valence-corrected chi connectivity index (χ2v) is 4.49. The van der Waals surface area contributed by atoms with Gasteiger partial charge in [-0.15, -0.1) is 0 Å². The third-order valence-corrected chi connectivity index (χ3v) is 3.22. The van der Waals surface area contributed by atoms with E-state index in [0.29, 0.717) is 17.9 Å². The number of nitrogens with one attached hydrogen (secondary N) is 1. The molecule has 1 aromatic rings. The Morgan fingerprint density at radius 3 is 2.94 bits per heavy atom. The number of hydrogen-bond acceptors (Lipinski definition) is 2. The van der Waals surface area contributed by atoms with Crippen LogP contribution in [-0.2, 0) is 0 Å². The van der Waals surface area contributed by atoms with Gasteiger partial charge in [0, 0.05) is 5.56 Å². The van der Waals surface area contributed by atoms with Crippen LogP contribution in [0.3, 0.4) is 0 Å². The summed E-state index contributed by atoms with van der Waals surface area (Å²) in [4.78, 5) is 0. The summed E-state index contributed by atoms with van der Waals surface area (Å²) in [6, 6.07) is 6.47. The van der Waals surface area contributed by atoms with Crippen LogP contribution in [0.2, 0.25) is 0 Å². The van der Waals surface area contributed by atoms with Crippen molar-refractivity contribution in [1.29, 1.82) is 0 Å². The van der Waals surface area contributed by atoms with Crippen LogP contribution in [0.5, 0.6) is 0 Å². The second-order valence-electron chi connectivity index (χ2n) is 4.49. The van der Waals surface area contributed by atoms with Gasteiger partial charge in [0.2, 0.25) is 0 Å². The van der Waals surface area contributed by atoms with E-state index in [-0.39, 0.29) is 5.82 Å². The zero-order valence-corrected chi connectivity index (χ0v) is 9.32. The molecule has 0 spiro atoms. The number of rotatable bonds is 3. The first kappa shape index (κ1) is 11.6. The van der Waals surface area contributed by atoms with Gasteiger partial charge in [-0.3, -0.25) is 0 Å². The van der Waals surface area contributed by atoms with Gasteiger partial charge in [0.15, 0.2) is 0 Å². The first-order valence-corrected chi connectivity index (χ1v) is 5.90. The number of halogens is 1. The molecule has 0 saturated carbocycles. The summed E-state index contributed by atoms with van der Waals surface area (Å²) in [5.74, 6) is 0.155. The fraction of sp³-hybridized carbons (Fsp3) is 0.538. The number of aliphatic hydroxyl groups excluding tert-OH is 1. The molecule has 2 N–H and O–H groups in total. The number of aliphatic hydroxyl groups is 1. The summed E-state index contributed by atoms with van der Waals surface area (Å²) in [5, 5.41) is 13.3. The number of hydrogen-bond donors (Lipinski definition) is 2. The summed E-state index contributed by atoms with van der Waals surface area (Å²) in [6.07, 6.45) is 2.24. The van der Waals surface area contributed by atoms with Gasteiger partial charge in [-0.2, -0.15) is 0 Å². The molecule has 1 heterocycles. The number of benzene rings is 1. The summed E-state index contributed by atoms with van der Waals surface area (Å²) < 4.78 is 13.4. The quantitative estimate of drug-likeness (QED) is 0.823. The van der Waals surface area contributed by atoms with Crippen molar-refractivity contribution in [3.63, 3.8) is 0 Å². The molecule has 0 amide bonds. The van der Waals surface area contributed by atoms with E-state index in [2.05, 4.69) is 5.32 Å². The smallest absolute Gasteiger partial charge is 0.128 e. The lowest BCUT2D eigenvalue weighted by atomic mass is 9.91. The maximum atomic E-state index is 13.4. The van der Waals surface area contributed by atoms with Gasteiger partial charge in [0.25, 0.3) is 0 Å². The summed E-state index contributed by atoms with van der Waals surface area (Å²) >= 11 is 0. The molecule has 0 aromatic heterocycles. The predicted molar refractivity (Wildman–Crippen MR) is 61.6 cm³/mol. The van der Waals surface area contributed by atoms with Crippen molar-refractivity contribution in [1.82, 2.24) is 5.32 Å². The fourth-order valence-corrected chi connectivity index (χ4v) is 2.31. The molecule has 1 aliphatic heterocycles.